The molecule has 4 heteroatoms. The number of aliphatic hydroxyl groups excluding tert-OH is 1. The molecule has 1 fully saturated rings. The zero-order valence-electron chi connectivity index (χ0n) is 15.2. The molecule has 1 aliphatic rings. The van der Waals surface area contributed by atoms with Crippen LogP contribution in [-0.4, -0.2) is 15.8 Å². The summed E-state index contributed by atoms with van der Waals surface area (Å²) in [6, 6.07) is 12.7. The van der Waals surface area contributed by atoms with E-state index in [1.54, 1.807) is 0 Å². The summed E-state index contributed by atoms with van der Waals surface area (Å²) in [6.45, 7) is 4.01. The first-order valence-electron chi connectivity index (χ1n) is 9.08. The molecule has 4 rings (SSSR count). The van der Waals surface area contributed by atoms with Crippen LogP contribution in [0.15, 0.2) is 36.5 Å². The van der Waals surface area contributed by atoms with Gasteiger partial charge in [0, 0.05) is 34.4 Å². The fourth-order valence-electron chi connectivity index (χ4n) is 4.17. The lowest BCUT2D eigenvalue weighted by atomic mass is 9.97. The molecule has 2 aromatic carbocycles. The first-order chi connectivity index (χ1) is 12.5. The van der Waals surface area contributed by atoms with Gasteiger partial charge < -0.3 is 15.4 Å². The number of nitrogens with two attached hydrogens (primary N) is 1. The van der Waals surface area contributed by atoms with E-state index in [0.717, 1.165) is 58.1 Å². The highest BCUT2D eigenvalue weighted by molar-refractivity contribution is 5.98. The van der Waals surface area contributed by atoms with E-state index in [4.69, 9.17) is 5.73 Å². The highest BCUT2D eigenvalue weighted by Gasteiger charge is 2.26. The Morgan fingerprint density at radius 3 is 2.69 bits per heavy atom. The minimum absolute atomic E-state index is 0.227. The molecule has 1 aromatic heterocycles. The SMILES string of the molecule is Cc1cc2c(cc1C#N)c(-c1cccc(N)c1C)cn2[C@@H]1CC[C@H](O)C1. The standard InChI is InChI=1S/C22H23N3O/c1-13-8-22-19(9-15(13)11-23)20(18-4-3-5-21(24)14(18)2)12-25(22)16-6-7-17(26)10-16/h3-5,8-9,12,16-17,26H,6-7,10,24H2,1-2H3/t16-,17+/m1/s1. The monoisotopic (exact) mass is 345 g/mol. The molecule has 3 aromatic rings. The number of fused-ring (bicyclic) bond motifs is 1. The van der Waals surface area contributed by atoms with Crippen molar-refractivity contribution in [3.8, 4) is 17.2 Å². The Bertz CT molecular complexity index is 1040. The lowest BCUT2D eigenvalue weighted by molar-refractivity contribution is 0.178. The number of benzene rings is 2. The third-order valence-corrected chi connectivity index (χ3v) is 5.74. The van der Waals surface area contributed by atoms with Crippen LogP contribution in [0, 0.1) is 25.2 Å². The second-order valence-electron chi connectivity index (χ2n) is 7.39. The molecule has 0 aliphatic heterocycles. The van der Waals surface area contributed by atoms with Gasteiger partial charge in [-0.1, -0.05) is 12.1 Å². The largest absolute Gasteiger partial charge is 0.398 e. The third-order valence-electron chi connectivity index (χ3n) is 5.74. The molecule has 132 valence electrons. The van der Waals surface area contributed by atoms with E-state index in [1.807, 2.05) is 32.0 Å². The number of aliphatic hydroxyl groups is 1. The summed E-state index contributed by atoms with van der Waals surface area (Å²) in [4.78, 5) is 0. The van der Waals surface area contributed by atoms with Crippen LogP contribution in [0.1, 0.15) is 42.0 Å². The lowest BCUT2D eigenvalue weighted by Gasteiger charge is -2.14. The number of hydrogen-bond acceptors (Lipinski definition) is 3. The Hall–Kier alpha value is -2.77. The molecule has 26 heavy (non-hydrogen) atoms. The first-order valence-corrected chi connectivity index (χ1v) is 9.08. The van der Waals surface area contributed by atoms with E-state index in [0.29, 0.717) is 5.56 Å². The second-order valence-corrected chi connectivity index (χ2v) is 7.39. The van der Waals surface area contributed by atoms with Gasteiger partial charge in [0.25, 0.3) is 0 Å². The normalized spacial score (nSPS) is 19.8. The summed E-state index contributed by atoms with van der Waals surface area (Å²) >= 11 is 0. The molecular weight excluding hydrogens is 322 g/mol. The minimum Gasteiger partial charge on any atom is -0.398 e. The van der Waals surface area contributed by atoms with E-state index in [9.17, 15) is 10.4 Å². The topological polar surface area (TPSA) is 75.0 Å². The van der Waals surface area contributed by atoms with Gasteiger partial charge in [0.1, 0.15) is 0 Å². The van der Waals surface area contributed by atoms with E-state index in [1.165, 1.54) is 0 Å². The first kappa shape index (κ1) is 16.7. The second kappa shape index (κ2) is 6.19. The molecule has 0 radical (unpaired) electrons. The van der Waals surface area contributed by atoms with Gasteiger partial charge >= 0.3 is 0 Å². The number of nitriles is 1. The van der Waals surface area contributed by atoms with Gasteiger partial charge in [0.2, 0.25) is 0 Å². The number of hydrogen-bond donors (Lipinski definition) is 2. The molecule has 0 spiro atoms. The van der Waals surface area contributed by atoms with Gasteiger partial charge in [-0.2, -0.15) is 5.26 Å². The van der Waals surface area contributed by atoms with Crippen LogP contribution in [0.25, 0.3) is 22.0 Å². The Morgan fingerprint density at radius 2 is 2.00 bits per heavy atom. The van der Waals surface area contributed by atoms with Crippen LogP contribution in [0.2, 0.25) is 0 Å². The van der Waals surface area contributed by atoms with Crippen LogP contribution in [-0.2, 0) is 0 Å². The van der Waals surface area contributed by atoms with Crippen LogP contribution in [0.4, 0.5) is 5.69 Å². The summed E-state index contributed by atoms with van der Waals surface area (Å²) in [5.74, 6) is 0. The third kappa shape index (κ3) is 2.56. The Kier molecular flexibility index (Phi) is 3.97. The number of nitrogen functional groups attached to an aromatic ring is 1. The molecule has 1 saturated carbocycles. The summed E-state index contributed by atoms with van der Waals surface area (Å²) in [5.41, 5.74) is 13.0. The van der Waals surface area contributed by atoms with Crippen molar-refractivity contribution in [1.82, 2.24) is 4.57 Å². The fraction of sp³-hybridized carbons (Fsp3) is 0.318. The van der Waals surface area contributed by atoms with Gasteiger partial charge in [-0.05, 0) is 68.0 Å². The Morgan fingerprint density at radius 1 is 1.19 bits per heavy atom. The smallest absolute Gasteiger partial charge is 0.0994 e. The van der Waals surface area contributed by atoms with Crippen LogP contribution in [0.3, 0.4) is 0 Å². The molecule has 0 saturated heterocycles. The fourth-order valence-corrected chi connectivity index (χ4v) is 4.17. The number of rotatable bonds is 2. The van der Waals surface area contributed by atoms with Gasteiger partial charge in [-0.15, -0.1) is 0 Å². The summed E-state index contributed by atoms with van der Waals surface area (Å²) in [6.07, 6.45) is 4.54. The Labute approximate surface area is 153 Å². The molecule has 4 nitrogen and oxygen atoms in total. The lowest BCUT2D eigenvalue weighted by Crippen LogP contribution is -2.06. The molecule has 0 amide bonds. The number of anilines is 1. The van der Waals surface area contributed by atoms with Crippen molar-refractivity contribution >= 4 is 16.6 Å². The average Bonchev–Trinajstić information content (AvgIpc) is 3.20. The van der Waals surface area contributed by atoms with Crippen LogP contribution >= 0.6 is 0 Å². The van der Waals surface area contributed by atoms with E-state index < -0.39 is 0 Å². The maximum Gasteiger partial charge on any atom is 0.0994 e. The molecule has 2 atom stereocenters. The van der Waals surface area contributed by atoms with Gasteiger partial charge in [-0.25, -0.2) is 0 Å². The zero-order chi connectivity index (χ0) is 18.4. The molecule has 1 heterocycles. The van der Waals surface area contributed by atoms with Gasteiger partial charge in [-0.3, -0.25) is 0 Å². The number of aromatic nitrogens is 1. The molecular formula is C22H23N3O. The van der Waals surface area contributed by atoms with Crippen molar-refractivity contribution in [1.29, 1.82) is 5.26 Å². The predicted molar refractivity (Wildman–Crippen MR) is 105 cm³/mol. The number of nitrogens with zero attached hydrogens (tertiary/aromatic N) is 2. The van der Waals surface area contributed by atoms with Crippen LogP contribution < -0.4 is 5.73 Å². The Balaban J connectivity index is 2.01. The highest BCUT2D eigenvalue weighted by Crippen LogP contribution is 2.40. The predicted octanol–water partition coefficient (Wildman–Crippen LogP) is 4.46. The minimum atomic E-state index is -0.227. The van der Waals surface area contributed by atoms with Crippen molar-refractivity contribution < 1.29 is 5.11 Å². The number of aryl methyl sites for hydroxylation is 1. The van der Waals surface area contributed by atoms with E-state index >= 15 is 0 Å². The molecule has 3 N–H and O–H groups in total. The van der Waals surface area contributed by atoms with Crippen LogP contribution in [0.5, 0.6) is 0 Å². The van der Waals surface area contributed by atoms with E-state index in [2.05, 4.69) is 29.0 Å². The van der Waals surface area contributed by atoms with E-state index in [-0.39, 0.29) is 12.1 Å². The summed E-state index contributed by atoms with van der Waals surface area (Å²) in [5, 5.41) is 20.6. The summed E-state index contributed by atoms with van der Waals surface area (Å²) < 4.78 is 2.29. The van der Waals surface area contributed by atoms with Crippen molar-refractivity contribution in [2.75, 3.05) is 5.73 Å². The summed E-state index contributed by atoms with van der Waals surface area (Å²) in [7, 11) is 0. The van der Waals surface area contributed by atoms with Crippen molar-refractivity contribution in [3.05, 3.63) is 53.2 Å². The maximum atomic E-state index is 10.0. The maximum absolute atomic E-state index is 10.0. The van der Waals surface area contributed by atoms with Crippen molar-refractivity contribution in [2.45, 2.75) is 45.3 Å². The average molecular weight is 345 g/mol. The molecule has 1 aliphatic carbocycles. The molecule has 0 unspecified atom stereocenters. The quantitative estimate of drug-likeness (QED) is 0.673. The van der Waals surface area contributed by atoms with Gasteiger partial charge in [0.15, 0.2) is 0 Å². The molecule has 0 bridgehead atoms. The van der Waals surface area contributed by atoms with Gasteiger partial charge in [0.05, 0.1) is 17.7 Å². The zero-order valence-corrected chi connectivity index (χ0v) is 15.2. The van der Waals surface area contributed by atoms with Crippen molar-refractivity contribution in [2.24, 2.45) is 0 Å². The highest BCUT2D eigenvalue weighted by atomic mass is 16.3. The van der Waals surface area contributed by atoms with Crippen molar-refractivity contribution in [3.63, 3.8) is 0 Å².